The van der Waals surface area contributed by atoms with Crippen molar-refractivity contribution in [1.82, 2.24) is 9.97 Å². The van der Waals surface area contributed by atoms with Crippen LogP contribution in [0.25, 0.3) is 10.9 Å². The number of hydrogen-bond donors (Lipinski definition) is 0. The van der Waals surface area contributed by atoms with Crippen molar-refractivity contribution in [3.05, 3.63) is 60.4 Å². The average Bonchev–Trinajstić information content (AvgIpc) is 2.41. The maximum atomic E-state index is 5.77. The number of pyridine rings is 2. The second-order valence-corrected chi connectivity index (χ2v) is 4.05. The predicted molar refractivity (Wildman–Crippen MR) is 70.8 cm³/mol. The molecule has 3 nitrogen and oxygen atoms in total. The van der Waals surface area contributed by atoms with Crippen LogP contribution in [0.1, 0.15) is 5.69 Å². The lowest BCUT2D eigenvalue weighted by atomic mass is 10.2. The molecule has 2 aromatic heterocycles. The Kier molecular flexibility index (Phi) is 2.65. The van der Waals surface area contributed by atoms with E-state index in [1.165, 1.54) is 0 Å². The van der Waals surface area contributed by atoms with Gasteiger partial charge in [-0.05, 0) is 25.1 Å². The number of ether oxygens (including phenoxy) is 1. The molecule has 0 aliphatic carbocycles. The highest BCUT2D eigenvalue weighted by Crippen LogP contribution is 2.27. The molecule has 0 unspecified atom stereocenters. The van der Waals surface area contributed by atoms with E-state index >= 15 is 0 Å². The number of para-hydroxylation sites is 1. The third kappa shape index (κ3) is 2.02. The molecule has 0 atom stereocenters. The molecule has 18 heavy (non-hydrogen) atoms. The summed E-state index contributed by atoms with van der Waals surface area (Å²) in [5.41, 5.74) is 1.84. The van der Waals surface area contributed by atoms with Crippen molar-refractivity contribution in [2.45, 2.75) is 6.92 Å². The van der Waals surface area contributed by atoms with Crippen molar-refractivity contribution >= 4 is 10.9 Å². The fraction of sp³-hybridized carbons (Fsp3) is 0.0667. The molecule has 3 heteroatoms. The fourth-order valence-corrected chi connectivity index (χ4v) is 1.82. The van der Waals surface area contributed by atoms with E-state index in [9.17, 15) is 0 Å². The van der Waals surface area contributed by atoms with Gasteiger partial charge >= 0.3 is 0 Å². The number of aromatic nitrogens is 2. The van der Waals surface area contributed by atoms with Crippen molar-refractivity contribution in [3.8, 4) is 11.6 Å². The van der Waals surface area contributed by atoms with E-state index in [0.717, 1.165) is 22.3 Å². The van der Waals surface area contributed by atoms with Gasteiger partial charge in [0, 0.05) is 23.3 Å². The van der Waals surface area contributed by atoms with Crippen molar-refractivity contribution in [2.75, 3.05) is 0 Å². The van der Waals surface area contributed by atoms with E-state index < -0.39 is 0 Å². The standard InChI is InChI=1S/C15H12N2O/c1-11-8-9-12-5-4-6-13(15(12)17-11)18-14-7-2-3-10-16-14/h2-10H,1H3. The van der Waals surface area contributed by atoms with E-state index in [0.29, 0.717) is 5.88 Å². The molecule has 0 aliphatic heterocycles. The lowest BCUT2D eigenvalue weighted by Crippen LogP contribution is -1.90. The topological polar surface area (TPSA) is 35.0 Å². The van der Waals surface area contributed by atoms with Crippen molar-refractivity contribution in [3.63, 3.8) is 0 Å². The van der Waals surface area contributed by atoms with Crippen LogP contribution in [0.5, 0.6) is 11.6 Å². The summed E-state index contributed by atoms with van der Waals surface area (Å²) in [6.45, 7) is 1.97. The Morgan fingerprint density at radius 3 is 2.72 bits per heavy atom. The van der Waals surface area contributed by atoms with Gasteiger partial charge in [-0.15, -0.1) is 0 Å². The minimum Gasteiger partial charge on any atom is -0.437 e. The van der Waals surface area contributed by atoms with Gasteiger partial charge in [-0.3, -0.25) is 0 Å². The van der Waals surface area contributed by atoms with Crippen LogP contribution in [0.3, 0.4) is 0 Å². The first-order valence-electron chi connectivity index (χ1n) is 5.78. The molecule has 88 valence electrons. The van der Waals surface area contributed by atoms with E-state index in [4.69, 9.17) is 4.74 Å². The SMILES string of the molecule is Cc1ccc2cccc(Oc3ccccn3)c2n1. The van der Waals surface area contributed by atoms with Crippen LogP contribution >= 0.6 is 0 Å². The normalized spacial score (nSPS) is 10.5. The Hall–Kier alpha value is -2.42. The fourth-order valence-electron chi connectivity index (χ4n) is 1.82. The molecular weight excluding hydrogens is 224 g/mol. The summed E-state index contributed by atoms with van der Waals surface area (Å²) in [6, 6.07) is 15.5. The van der Waals surface area contributed by atoms with Gasteiger partial charge in [0.05, 0.1) is 0 Å². The van der Waals surface area contributed by atoms with Gasteiger partial charge in [0.1, 0.15) is 5.52 Å². The summed E-state index contributed by atoms with van der Waals surface area (Å²) in [5.74, 6) is 1.31. The summed E-state index contributed by atoms with van der Waals surface area (Å²) in [4.78, 5) is 8.67. The number of rotatable bonds is 2. The number of benzene rings is 1. The van der Waals surface area contributed by atoms with Gasteiger partial charge in [-0.25, -0.2) is 9.97 Å². The smallest absolute Gasteiger partial charge is 0.219 e. The third-order valence-corrected chi connectivity index (χ3v) is 2.67. The molecule has 1 aromatic carbocycles. The van der Waals surface area contributed by atoms with Gasteiger partial charge in [-0.1, -0.05) is 24.3 Å². The minimum absolute atomic E-state index is 0.577. The summed E-state index contributed by atoms with van der Waals surface area (Å²) in [6.07, 6.45) is 1.71. The second kappa shape index (κ2) is 4.45. The average molecular weight is 236 g/mol. The monoisotopic (exact) mass is 236 g/mol. The molecule has 0 amide bonds. The number of hydrogen-bond acceptors (Lipinski definition) is 3. The van der Waals surface area contributed by atoms with Crippen LogP contribution in [-0.4, -0.2) is 9.97 Å². The van der Waals surface area contributed by atoms with Gasteiger partial charge in [0.25, 0.3) is 0 Å². The quantitative estimate of drug-likeness (QED) is 0.680. The molecule has 3 aromatic rings. The molecule has 0 saturated heterocycles. The van der Waals surface area contributed by atoms with E-state index in [1.54, 1.807) is 6.20 Å². The molecular formula is C15H12N2O. The largest absolute Gasteiger partial charge is 0.437 e. The van der Waals surface area contributed by atoms with Gasteiger partial charge < -0.3 is 4.74 Å². The van der Waals surface area contributed by atoms with Crippen LogP contribution in [-0.2, 0) is 0 Å². The Morgan fingerprint density at radius 1 is 0.944 bits per heavy atom. The maximum absolute atomic E-state index is 5.77. The number of aryl methyl sites for hydroxylation is 1. The summed E-state index contributed by atoms with van der Waals surface area (Å²) < 4.78 is 5.77. The summed E-state index contributed by atoms with van der Waals surface area (Å²) >= 11 is 0. The minimum atomic E-state index is 0.577. The Morgan fingerprint density at radius 2 is 1.89 bits per heavy atom. The van der Waals surface area contributed by atoms with Crippen molar-refractivity contribution in [2.24, 2.45) is 0 Å². The Labute approximate surface area is 105 Å². The molecule has 0 N–H and O–H groups in total. The molecule has 0 bridgehead atoms. The van der Waals surface area contributed by atoms with Crippen LogP contribution in [0, 0.1) is 6.92 Å². The zero-order chi connectivity index (χ0) is 12.4. The lowest BCUT2D eigenvalue weighted by Gasteiger charge is -2.07. The van der Waals surface area contributed by atoms with Crippen LogP contribution < -0.4 is 4.74 Å². The van der Waals surface area contributed by atoms with Gasteiger partial charge in [0.2, 0.25) is 5.88 Å². The first-order valence-corrected chi connectivity index (χ1v) is 5.78. The summed E-state index contributed by atoms with van der Waals surface area (Å²) in [5, 5.41) is 1.06. The van der Waals surface area contributed by atoms with Crippen molar-refractivity contribution < 1.29 is 4.74 Å². The second-order valence-electron chi connectivity index (χ2n) is 4.05. The molecule has 2 heterocycles. The van der Waals surface area contributed by atoms with Crippen molar-refractivity contribution in [1.29, 1.82) is 0 Å². The molecule has 0 spiro atoms. The molecule has 3 rings (SSSR count). The first-order chi connectivity index (χ1) is 8.83. The van der Waals surface area contributed by atoms with Crippen LogP contribution in [0.15, 0.2) is 54.7 Å². The molecule has 0 saturated carbocycles. The van der Waals surface area contributed by atoms with E-state index in [2.05, 4.69) is 9.97 Å². The number of fused-ring (bicyclic) bond motifs is 1. The van der Waals surface area contributed by atoms with Gasteiger partial charge in [0.15, 0.2) is 5.75 Å². The Bertz CT molecular complexity index is 680. The predicted octanol–water partition coefficient (Wildman–Crippen LogP) is 3.73. The lowest BCUT2D eigenvalue weighted by molar-refractivity contribution is 0.467. The third-order valence-electron chi connectivity index (χ3n) is 2.67. The highest BCUT2D eigenvalue weighted by molar-refractivity contribution is 5.84. The highest BCUT2D eigenvalue weighted by atomic mass is 16.5. The zero-order valence-electron chi connectivity index (χ0n) is 10.00. The molecule has 0 fully saturated rings. The van der Waals surface area contributed by atoms with Crippen LogP contribution in [0.2, 0.25) is 0 Å². The molecule has 0 radical (unpaired) electrons. The zero-order valence-corrected chi connectivity index (χ0v) is 10.00. The van der Waals surface area contributed by atoms with E-state index in [1.807, 2.05) is 55.5 Å². The number of nitrogens with zero attached hydrogens (tertiary/aromatic N) is 2. The van der Waals surface area contributed by atoms with Gasteiger partial charge in [-0.2, -0.15) is 0 Å². The van der Waals surface area contributed by atoms with Crippen LogP contribution in [0.4, 0.5) is 0 Å². The Balaban J connectivity index is 2.09. The highest BCUT2D eigenvalue weighted by Gasteiger charge is 2.05. The first kappa shape index (κ1) is 10.7. The van der Waals surface area contributed by atoms with E-state index in [-0.39, 0.29) is 0 Å². The maximum Gasteiger partial charge on any atom is 0.219 e. The molecule has 0 aliphatic rings. The summed E-state index contributed by atoms with van der Waals surface area (Å²) in [7, 11) is 0.